The van der Waals surface area contributed by atoms with Gasteiger partial charge in [0.2, 0.25) is 0 Å². The Morgan fingerprint density at radius 3 is 1.18 bits per heavy atom. The second kappa shape index (κ2) is 6.13. The molecule has 0 spiro atoms. The van der Waals surface area contributed by atoms with Crippen LogP contribution in [0.3, 0.4) is 0 Å². The maximum absolute atomic E-state index is 9.62. The average Bonchev–Trinajstić information content (AvgIpc) is 1.56. The van der Waals surface area contributed by atoms with Crippen LogP contribution in [0.4, 0.5) is 14.4 Å². The van der Waals surface area contributed by atoms with E-state index in [0.29, 0.717) is 0 Å². The summed E-state index contributed by atoms with van der Waals surface area (Å²) >= 11 is 0. The fraction of sp³-hybridized carbons (Fsp3) is 0. The number of carboxylic acid groups (broad SMARTS) is 1. The normalized spacial score (nSPS) is 6.91. The summed E-state index contributed by atoms with van der Waals surface area (Å²) in [5.41, 5.74) is 12.9. The van der Waals surface area contributed by atoms with Crippen LogP contribution in [-0.4, -0.2) is 23.3 Å². The maximum Gasteiger partial charge on any atom is 0.402 e. The topological polar surface area (TPSA) is 162 Å². The molecule has 64 valence electrons. The van der Waals surface area contributed by atoms with E-state index in [1.54, 1.807) is 5.32 Å². The molecule has 0 aliphatic heterocycles. The number of primary amides is 3. The molecule has 0 aliphatic carbocycles. The lowest BCUT2D eigenvalue weighted by molar-refractivity contribution is 0.205. The van der Waals surface area contributed by atoms with Gasteiger partial charge in [-0.05, 0) is 0 Å². The van der Waals surface area contributed by atoms with Crippen LogP contribution in [0.15, 0.2) is 0 Å². The lowest BCUT2D eigenvalue weighted by atomic mass is 10.9. The fourth-order valence-electron chi connectivity index (χ4n) is 0.121. The summed E-state index contributed by atoms with van der Waals surface area (Å²) in [6, 6.07) is -1.88. The van der Waals surface area contributed by atoms with Crippen LogP contribution in [0, 0.1) is 0 Å². The molecule has 0 atom stereocenters. The Morgan fingerprint density at radius 1 is 1.00 bits per heavy atom. The minimum atomic E-state index is -1.33. The third-order valence-electron chi connectivity index (χ3n) is 0.246. The predicted octanol–water partition coefficient (Wildman–Crippen LogP) is -1.64. The molecule has 0 bridgehead atoms. The van der Waals surface area contributed by atoms with Crippen molar-refractivity contribution in [1.82, 2.24) is 5.32 Å². The van der Waals surface area contributed by atoms with Crippen molar-refractivity contribution in [1.29, 1.82) is 0 Å². The highest BCUT2D eigenvalue weighted by Gasteiger charge is 1.92. The molecule has 11 heavy (non-hydrogen) atoms. The first-order chi connectivity index (χ1) is 4.86. The Labute approximate surface area is 61.3 Å². The minimum absolute atomic E-state index is 0.937. The first-order valence-corrected chi connectivity index (χ1v) is 2.20. The molecule has 8 heteroatoms. The molecular formula is C3H8N4O4. The Balaban J connectivity index is 0. The number of hydrogen-bond acceptors (Lipinski definition) is 3. The number of urea groups is 2. The van der Waals surface area contributed by atoms with Gasteiger partial charge < -0.3 is 22.3 Å². The molecule has 0 saturated carbocycles. The molecule has 8 nitrogen and oxygen atoms in total. The smallest absolute Gasteiger partial charge is 0.402 e. The summed E-state index contributed by atoms with van der Waals surface area (Å²) in [7, 11) is 0. The fourth-order valence-corrected chi connectivity index (χ4v) is 0.121. The molecule has 0 fully saturated rings. The van der Waals surface area contributed by atoms with Crippen molar-refractivity contribution in [2.75, 3.05) is 0 Å². The van der Waals surface area contributed by atoms with E-state index in [1.165, 1.54) is 0 Å². The molecule has 0 aromatic rings. The number of hydrogen-bond donors (Lipinski definition) is 5. The van der Waals surface area contributed by atoms with E-state index >= 15 is 0 Å². The summed E-state index contributed by atoms with van der Waals surface area (Å²) in [6.45, 7) is 0. The largest absolute Gasteiger partial charge is 0.465 e. The van der Waals surface area contributed by atoms with Gasteiger partial charge in [-0.25, -0.2) is 14.4 Å². The van der Waals surface area contributed by atoms with Crippen molar-refractivity contribution in [3.05, 3.63) is 0 Å². The number of carbonyl (C=O) groups excluding carboxylic acids is 2. The van der Waals surface area contributed by atoms with Crippen LogP contribution in [0.5, 0.6) is 0 Å². The third-order valence-corrected chi connectivity index (χ3v) is 0.246. The quantitative estimate of drug-likeness (QED) is 0.290. The zero-order valence-corrected chi connectivity index (χ0v) is 5.40. The average molecular weight is 164 g/mol. The predicted molar refractivity (Wildman–Crippen MR) is 34.5 cm³/mol. The minimum Gasteiger partial charge on any atom is -0.465 e. The maximum atomic E-state index is 9.62. The van der Waals surface area contributed by atoms with E-state index < -0.39 is 18.2 Å². The summed E-state index contributed by atoms with van der Waals surface area (Å²) in [5, 5.41) is 8.78. The Bertz CT molecular complexity index is 151. The van der Waals surface area contributed by atoms with Crippen molar-refractivity contribution in [3.63, 3.8) is 0 Å². The molecule has 0 unspecified atom stereocenters. The first kappa shape index (κ1) is 11.8. The van der Waals surface area contributed by atoms with Crippen molar-refractivity contribution in [3.8, 4) is 0 Å². The van der Waals surface area contributed by atoms with Crippen molar-refractivity contribution < 1.29 is 19.5 Å². The molecule has 8 N–H and O–H groups in total. The Hall–Kier alpha value is -1.99. The van der Waals surface area contributed by atoms with Gasteiger partial charge in [-0.15, -0.1) is 0 Å². The van der Waals surface area contributed by atoms with Crippen LogP contribution < -0.4 is 22.5 Å². The van der Waals surface area contributed by atoms with E-state index in [0.717, 1.165) is 0 Å². The number of nitrogens with two attached hydrogens (primary N) is 3. The monoisotopic (exact) mass is 164 g/mol. The third kappa shape index (κ3) is 71.6. The van der Waals surface area contributed by atoms with Crippen LogP contribution in [0.1, 0.15) is 0 Å². The number of amides is 5. The van der Waals surface area contributed by atoms with Gasteiger partial charge in [0.25, 0.3) is 0 Å². The summed E-state index contributed by atoms with van der Waals surface area (Å²) in [4.78, 5) is 28.0. The van der Waals surface area contributed by atoms with Gasteiger partial charge in [0.15, 0.2) is 0 Å². The number of rotatable bonds is 0. The van der Waals surface area contributed by atoms with Gasteiger partial charge in [0.05, 0.1) is 0 Å². The lowest BCUT2D eigenvalue weighted by Gasteiger charge is -1.88. The van der Waals surface area contributed by atoms with E-state index in [-0.39, 0.29) is 0 Å². The summed E-state index contributed by atoms with van der Waals surface area (Å²) in [5.74, 6) is 0. The Kier molecular flexibility index (Phi) is 6.56. The molecular weight excluding hydrogens is 156 g/mol. The number of imide groups is 1. The highest BCUT2D eigenvalue weighted by Crippen LogP contribution is 1.51. The van der Waals surface area contributed by atoms with Crippen LogP contribution in [-0.2, 0) is 0 Å². The van der Waals surface area contributed by atoms with E-state index in [4.69, 9.17) is 9.90 Å². The van der Waals surface area contributed by atoms with E-state index in [9.17, 15) is 9.59 Å². The zero-order chi connectivity index (χ0) is 9.44. The second-order valence-corrected chi connectivity index (χ2v) is 1.19. The van der Waals surface area contributed by atoms with Gasteiger partial charge in [0.1, 0.15) is 0 Å². The van der Waals surface area contributed by atoms with Crippen molar-refractivity contribution >= 4 is 18.2 Å². The molecule has 0 saturated heterocycles. The second-order valence-electron chi connectivity index (χ2n) is 1.19. The van der Waals surface area contributed by atoms with Gasteiger partial charge in [0, 0.05) is 0 Å². The van der Waals surface area contributed by atoms with Crippen LogP contribution >= 0.6 is 0 Å². The number of nitrogens with one attached hydrogen (secondary N) is 1. The van der Waals surface area contributed by atoms with Crippen molar-refractivity contribution in [2.45, 2.75) is 0 Å². The highest BCUT2D eigenvalue weighted by molar-refractivity contribution is 5.91. The molecule has 5 amide bonds. The lowest BCUT2D eigenvalue weighted by Crippen LogP contribution is -2.38. The molecule has 0 rings (SSSR count). The molecule has 0 radical (unpaired) electrons. The van der Waals surface area contributed by atoms with Crippen molar-refractivity contribution in [2.24, 2.45) is 17.2 Å². The molecule has 0 aromatic carbocycles. The van der Waals surface area contributed by atoms with E-state index in [2.05, 4.69) is 17.2 Å². The van der Waals surface area contributed by atoms with Crippen LogP contribution in [0.25, 0.3) is 0 Å². The van der Waals surface area contributed by atoms with Gasteiger partial charge in [-0.1, -0.05) is 0 Å². The van der Waals surface area contributed by atoms with Gasteiger partial charge >= 0.3 is 18.2 Å². The van der Waals surface area contributed by atoms with E-state index in [1.807, 2.05) is 0 Å². The zero-order valence-electron chi connectivity index (χ0n) is 5.40. The SMILES string of the molecule is NC(=O)NC(N)=O.NC(=O)O. The highest BCUT2D eigenvalue weighted by atomic mass is 16.4. The van der Waals surface area contributed by atoms with Gasteiger partial charge in [-0.2, -0.15) is 0 Å². The molecule has 0 heterocycles. The Morgan fingerprint density at radius 2 is 1.18 bits per heavy atom. The number of carbonyl (C=O) groups is 3. The molecule has 0 aliphatic rings. The van der Waals surface area contributed by atoms with Crippen LogP contribution in [0.2, 0.25) is 0 Å². The van der Waals surface area contributed by atoms with Gasteiger partial charge in [-0.3, -0.25) is 5.32 Å². The summed E-state index contributed by atoms with van der Waals surface area (Å²) < 4.78 is 0. The standard InChI is InChI=1S/C2H5N3O2.CH3NO2/c3-1(6)5-2(4)7;2-1(3)4/h(H5,3,4,5,6,7);2H2,(H,3,4). The first-order valence-electron chi connectivity index (χ1n) is 2.20. The summed E-state index contributed by atoms with van der Waals surface area (Å²) in [6.07, 6.45) is -1.33. The molecule has 0 aromatic heterocycles.